The second-order valence-electron chi connectivity index (χ2n) is 11.8. The van der Waals surface area contributed by atoms with E-state index in [4.69, 9.17) is 4.98 Å². The van der Waals surface area contributed by atoms with Crippen molar-refractivity contribution in [2.45, 2.75) is 59.9 Å². The maximum atomic E-state index is 11.9. The first-order chi connectivity index (χ1) is 18.7. The largest absolute Gasteiger partial charge is 0.481 e. The molecule has 4 aromatic rings. The average molecular weight is 525 g/mol. The number of nitrogens with zero attached hydrogens (tertiary/aromatic N) is 5. The Labute approximate surface area is 229 Å². The lowest BCUT2D eigenvalue weighted by Gasteiger charge is -2.40. The number of carboxylic acid groups (broad SMARTS) is 1. The Bertz CT molecular complexity index is 1560. The normalized spacial score (nSPS) is 16.9. The highest BCUT2D eigenvalue weighted by Gasteiger charge is 2.30. The topological polar surface area (TPSA) is 98.2 Å². The fraction of sp³-hybridized carbons (Fsp3) is 0.419. The predicted octanol–water partition coefficient (Wildman–Crippen LogP) is 5.45. The summed E-state index contributed by atoms with van der Waals surface area (Å²) in [6.45, 7) is 12.1. The molecular formula is C31H36N6O2. The Morgan fingerprint density at radius 2 is 1.82 bits per heavy atom. The van der Waals surface area contributed by atoms with E-state index in [1.807, 2.05) is 19.2 Å². The van der Waals surface area contributed by atoms with Crippen LogP contribution in [0.15, 0.2) is 36.8 Å². The van der Waals surface area contributed by atoms with Crippen LogP contribution in [0.25, 0.3) is 22.2 Å². The maximum Gasteiger partial charge on any atom is 0.307 e. The molecule has 0 amide bonds. The van der Waals surface area contributed by atoms with Crippen molar-refractivity contribution in [3.05, 3.63) is 64.9 Å². The lowest BCUT2D eigenvalue weighted by atomic mass is 9.82. The number of piperidine rings is 1. The number of anilines is 2. The number of H-pyrrole nitrogens is 1. The molecule has 0 spiro atoms. The summed E-state index contributed by atoms with van der Waals surface area (Å²) >= 11 is 0. The highest BCUT2D eigenvalue weighted by Crippen LogP contribution is 2.42. The number of aromatic nitrogens is 4. The number of aryl methyl sites for hydroxylation is 2. The van der Waals surface area contributed by atoms with Gasteiger partial charge in [-0.3, -0.25) is 9.78 Å². The van der Waals surface area contributed by atoms with Crippen molar-refractivity contribution >= 4 is 28.5 Å². The van der Waals surface area contributed by atoms with Crippen molar-refractivity contribution in [3.63, 3.8) is 0 Å². The van der Waals surface area contributed by atoms with Gasteiger partial charge in [-0.1, -0.05) is 32.0 Å². The van der Waals surface area contributed by atoms with Crippen molar-refractivity contribution < 1.29 is 9.90 Å². The molecule has 0 radical (unpaired) electrons. The van der Waals surface area contributed by atoms with E-state index < -0.39 is 5.97 Å². The van der Waals surface area contributed by atoms with Gasteiger partial charge < -0.3 is 19.9 Å². The van der Waals surface area contributed by atoms with Crippen molar-refractivity contribution in [2.24, 2.45) is 5.41 Å². The average Bonchev–Trinajstić information content (AvgIpc) is 3.39. The van der Waals surface area contributed by atoms with Gasteiger partial charge in [0.1, 0.15) is 17.8 Å². The Balaban J connectivity index is 1.39. The summed E-state index contributed by atoms with van der Waals surface area (Å²) in [7, 11) is 0. The molecule has 5 heterocycles. The summed E-state index contributed by atoms with van der Waals surface area (Å²) in [5.74, 6) is 0.142. The molecule has 202 valence electrons. The van der Waals surface area contributed by atoms with Gasteiger partial charge in [-0.25, -0.2) is 9.97 Å². The van der Waals surface area contributed by atoms with Crippen molar-refractivity contribution in [2.75, 3.05) is 29.4 Å². The minimum Gasteiger partial charge on any atom is -0.481 e. The lowest BCUT2D eigenvalue weighted by molar-refractivity contribution is -0.136. The zero-order chi connectivity index (χ0) is 27.3. The van der Waals surface area contributed by atoms with Crippen LogP contribution in [0.3, 0.4) is 0 Å². The van der Waals surface area contributed by atoms with Crippen LogP contribution in [-0.4, -0.2) is 50.6 Å². The van der Waals surface area contributed by atoms with E-state index in [1.54, 1.807) is 6.33 Å². The van der Waals surface area contributed by atoms with Crippen molar-refractivity contribution in [3.8, 4) is 11.1 Å². The molecule has 0 bridgehead atoms. The smallest absolute Gasteiger partial charge is 0.307 e. The van der Waals surface area contributed by atoms with E-state index in [1.165, 1.54) is 11.1 Å². The SMILES string of the molecule is Cc1nc(C)c(-c2ccc3c(c2)CCN(c2ncnc4[nH]ccc24)C3)c(N2CCC(C)(C)CC2)c1CC(=O)O. The maximum absolute atomic E-state index is 11.9. The van der Waals surface area contributed by atoms with E-state index >= 15 is 0 Å². The molecule has 0 saturated carbocycles. The minimum atomic E-state index is -0.819. The van der Waals surface area contributed by atoms with E-state index in [9.17, 15) is 9.90 Å². The molecule has 0 aliphatic carbocycles. The molecule has 39 heavy (non-hydrogen) atoms. The molecule has 1 saturated heterocycles. The van der Waals surface area contributed by atoms with Crippen LogP contribution >= 0.6 is 0 Å². The van der Waals surface area contributed by atoms with Gasteiger partial charge in [-0.15, -0.1) is 0 Å². The molecule has 6 rings (SSSR count). The van der Waals surface area contributed by atoms with Crippen LogP contribution in [0.1, 0.15) is 54.8 Å². The van der Waals surface area contributed by atoms with Gasteiger partial charge in [0, 0.05) is 54.9 Å². The first kappa shape index (κ1) is 25.3. The Morgan fingerprint density at radius 1 is 1.03 bits per heavy atom. The zero-order valence-corrected chi connectivity index (χ0v) is 23.2. The third kappa shape index (κ3) is 4.73. The highest BCUT2D eigenvalue weighted by molar-refractivity contribution is 5.88. The number of benzene rings is 1. The molecule has 1 aromatic carbocycles. The molecule has 3 aromatic heterocycles. The van der Waals surface area contributed by atoms with Crippen LogP contribution in [0, 0.1) is 19.3 Å². The summed E-state index contributed by atoms with van der Waals surface area (Å²) in [6.07, 6.45) is 6.58. The molecule has 0 atom stereocenters. The van der Waals surface area contributed by atoms with E-state index in [2.05, 4.69) is 63.7 Å². The van der Waals surface area contributed by atoms with Gasteiger partial charge in [0.2, 0.25) is 0 Å². The molecular weight excluding hydrogens is 488 g/mol. The fourth-order valence-electron chi connectivity index (χ4n) is 6.26. The van der Waals surface area contributed by atoms with Gasteiger partial charge in [0.25, 0.3) is 0 Å². The number of fused-ring (bicyclic) bond motifs is 2. The van der Waals surface area contributed by atoms with Crippen LogP contribution in [0.2, 0.25) is 0 Å². The van der Waals surface area contributed by atoms with Gasteiger partial charge in [-0.2, -0.15) is 0 Å². The molecule has 8 heteroatoms. The van der Waals surface area contributed by atoms with Gasteiger partial charge in [0.05, 0.1) is 17.5 Å². The molecule has 2 aliphatic heterocycles. The number of pyridine rings is 1. The monoisotopic (exact) mass is 524 g/mol. The van der Waals surface area contributed by atoms with Crippen molar-refractivity contribution in [1.82, 2.24) is 19.9 Å². The number of carbonyl (C=O) groups is 1. The summed E-state index contributed by atoms with van der Waals surface area (Å²) in [5.41, 5.74) is 9.63. The number of nitrogens with one attached hydrogen (secondary N) is 1. The number of aliphatic carboxylic acids is 1. The van der Waals surface area contributed by atoms with E-state index in [0.717, 1.165) is 96.1 Å². The summed E-state index contributed by atoms with van der Waals surface area (Å²) in [5, 5.41) is 10.8. The number of hydrogen-bond acceptors (Lipinski definition) is 6. The molecule has 2 N–H and O–H groups in total. The molecule has 0 unspecified atom stereocenters. The van der Waals surface area contributed by atoms with Crippen LogP contribution < -0.4 is 9.80 Å². The summed E-state index contributed by atoms with van der Waals surface area (Å²) in [6, 6.07) is 8.76. The third-order valence-corrected chi connectivity index (χ3v) is 8.56. The molecule has 8 nitrogen and oxygen atoms in total. The highest BCUT2D eigenvalue weighted by atomic mass is 16.4. The summed E-state index contributed by atoms with van der Waals surface area (Å²) in [4.78, 5) is 33.7. The zero-order valence-electron chi connectivity index (χ0n) is 23.2. The van der Waals surface area contributed by atoms with Crippen LogP contribution in [0.4, 0.5) is 11.5 Å². The fourth-order valence-corrected chi connectivity index (χ4v) is 6.26. The van der Waals surface area contributed by atoms with E-state index in [0.29, 0.717) is 5.41 Å². The van der Waals surface area contributed by atoms with Crippen LogP contribution in [0.5, 0.6) is 0 Å². The van der Waals surface area contributed by atoms with E-state index in [-0.39, 0.29) is 6.42 Å². The first-order valence-electron chi connectivity index (χ1n) is 13.8. The van der Waals surface area contributed by atoms with Crippen molar-refractivity contribution in [1.29, 1.82) is 0 Å². The number of rotatable bonds is 5. The Kier molecular flexibility index (Phi) is 6.28. The standard InChI is InChI=1S/C31H36N6O2/c1-19-25(16-26(38)39)28(36-13-9-31(3,4)10-14-36)27(20(2)35-19)22-5-6-23-17-37(12-8-21(23)15-22)30-24-7-11-32-29(24)33-18-34-30/h5-7,11,15,18H,8-10,12-14,16-17H2,1-4H3,(H,38,39)(H,32,33,34). The van der Waals surface area contributed by atoms with Crippen LogP contribution in [-0.2, 0) is 24.2 Å². The second kappa shape index (κ2) is 9.67. The Hall–Kier alpha value is -3.94. The van der Waals surface area contributed by atoms with Gasteiger partial charge >= 0.3 is 5.97 Å². The quantitative estimate of drug-likeness (QED) is 0.358. The second-order valence-corrected chi connectivity index (χ2v) is 11.8. The first-order valence-corrected chi connectivity index (χ1v) is 13.8. The predicted molar refractivity (Wildman–Crippen MR) is 154 cm³/mol. The number of aromatic amines is 1. The Morgan fingerprint density at radius 3 is 2.59 bits per heavy atom. The summed E-state index contributed by atoms with van der Waals surface area (Å²) < 4.78 is 0. The van der Waals surface area contributed by atoms with Gasteiger partial charge in [0.15, 0.2) is 0 Å². The molecule has 1 fully saturated rings. The molecule has 2 aliphatic rings. The minimum absolute atomic E-state index is 0.0200. The number of carboxylic acids is 1. The third-order valence-electron chi connectivity index (χ3n) is 8.56. The number of hydrogen-bond donors (Lipinski definition) is 2. The van der Waals surface area contributed by atoms with Gasteiger partial charge in [-0.05, 0) is 61.3 Å². The lowest BCUT2D eigenvalue weighted by Crippen LogP contribution is -2.38.